The van der Waals surface area contributed by atoms with Gasteiger partial charge in [0.2, 0.25) is 0 Å². The Morgan fingerprint density at radius 2 is 2.25 bits per heavy atom. The summed E-state index contributed by atoms with van der Waals surface area (Å²) in [7, 11) is 1.73. The van der Waals surface area contributed by atoms with Gasteiger partial charge in [-0.15, -0.1) is 0 Å². The SMILES string of the molecule is COCCC[C@@H]1CCCCN1C(=O)c1ccccc1-c1ncc[nH]1. The minimum atomic E-state index is 0.115. The molecule has 2 heterocycles. The number of nitrogens with one attached hydrogen (secondary N) is 1. The van der Waals surface area contributed by atoms with E-state index in [1.165, 1.54) is 6.42 Å². The van der Waals surface area contributed by atoms with E-state index in [2.05, 4.69) is 14.9 Å². The quantitative estimate of drug-likeness (QED) is 0.826. The topological polar surface area (TPSA) is 58.2 Å². The molecule has 1 fully saturated rings. The molecule has 5 heteroatoms. The number of aromatic nitrogens is 2. The zero-order valence-electron chi connectivity index (χ0n) is 14.2. The number of piperidine rings is 1. The highest BCUT2D eigenvalue weighted by Crippen LogP contribution is 2.27. The molecule has 0 unspecified atom stereocenters. The van der Waals surface area contributed by atoms with Crippen molar-refractivity contribution in [3.05, 3.63) is 42.2 Å². The largest absolute Gasteiger partial charge is 0.385 e. The van der Waals surface area contributed by atoms with E-state index in [4.69, 9.17) is 4.74 Å². The van der Waals surface area contributed by atoms with Crippen molar-refractivity contribution < 1.29 is 9.53 Å². The number of amides is 1. The maximum atomic E-state index is 13.2. The average molecular weight is 327 g/mol. The van der Waals surface area contributed by atoms with Gasteiger partial charge in [-0.2, -0.15) is 0 Å². The van der Waals surface area contributed by atoms with E-state index in [1.54, 1.807) is 19.5 Å². The second-order valence-electron chi connectivity index (χ2n) is 6.27. The maximum absolute atomic E-state index is 13.2. The second kappa shape index (κ2) is 8.11. The van der Waals surface area contributed by atoms with Gasteiger partial charge < -0.3 is 14.6 Å². The van der Waals surface area contributed by atoms with Crippen LogP contribution in [0.15, 0.2) is 36.7 Å². The summed E-state index contributed by atoms with van der Waals surface area (Å²) in [4.78, 5) is 22.7. The molecule has 0 bridgehead atoms. The number of aromatic amines is 1. The third kappa shape index (κ3) is 3.67. The summed E-state index contributed by atoms with van der Waals surface area (Å²) in [5, 5.41) is 0. The summed E-state index contributed by atoms with van der Waals surface area (Å²) in [6.07, 6.45) is 8.85. The number of imidazole rings is 1. The molecule has 5 nitrogen and oxygen atoms in total. The third-order valence-electron chi connectivity index (χ3n) is 4.68. The zero-order valence-corrected chi connectivity index (χ0v) is 14.2. The summed E-state index contributed by atoms with van der Waals surface area (Å²) in [5.74, 6) is 0.857. The van der Waals surface area contributed by atoms with Gasteiger partial charge in [0.25, 0.3) is 5.91 Å². The van der Waals surface area contributed by atoms with E-state index in [1.807, 2.05) is 24.3 Å². The molecule has 24 heavy (non-hydrogen) atoms. The highest BCUT2D eigenvalue weighted by atomic mass is 16.5. The Labute approximate surface area is 143 Å². The lowest BCUT2D eigenvalue weighted by Crippen LogP contribution is -2.44. The number of H-pyrrole nitrogens is 1. The lowest BCUT2D eigenvalue weighted by Gasteiger charge is -2.36. The lowest BCUT2D eigenvalue weighted by atomic mass is 9.96. The first-order valence-corrected chi connectivity index (χ1v) is 8.70. The Morgan fingerprint density at radius 3 is 3.04 bits per heavy atom. The summed E-state index contributed by atoms with van der Waals surface area (Å²) in [6, 6.07) is 8.03. The number of hydrogen-bond acceptors (Lipinski definition) is 3. The molecule has 3 rings (SSSR count). The number of benzene rings is 1. The molecule has 1 atom stereocenters. The van der Waals surface area contributed by atoms with E-state index in [0.717, 1.165) is 55.8 Å². The van der Waals surface area contributed by atoms with Gasteiger partial charge in [0, 0.05) is 44.3 Å². The maximum Gasteiger partial charge on any atom is 0.254 e. The zero-order chi connectivity index (χ0) is 16.8. The van der Waals surface area contributed by atoms with Crippen LogP contribution < -0.4 is 0 Å². The normalized spacial score (nSPS) is 17.9. The van der Waals surface area contributed by atoms with Gasteiger partial charge in [-0.1, -0.05) is 18.2 Å². The Hall–Kier alpha value is -2.14. The average Bonchev–Trinajstić information content (AvgIpc) is 3.16. The molecule has 1 N–H and O–H groups in total. The molecular weight excluding hydrogens is 302 g/mol. The van der Waals surface area contributed by atoms with Crippen LogP contribution in [0.5, 0.6) is 0 Å². The van der Waals surface area contributed by atoms with Crippen LogP contribution >= 0.6 is 0 Å². The van der Waals surface area contributed by atoms with Crippen LogP contribution in [0.2, 0.25) is 0 Å². The fraction of sp³-hybridized carbons (Fsp3) is 0.474. The van der Waals surface area contributed by atoms with Crippen molar-refractivity contribution in [2.24, 2.45) is 0 Å². The minimum absolute atomic E-state index is 0.115. The number of ether oxygens (including phenoxy) is 1. The first-order valence-electron chi connectivity index (χ1n) is 8.70. The van der Waals surface area contributed by atoms with Gasteiger partial charge in [-0.3, -0.25) is 4.79 Å². The fourth-order valence-corrected chi connectivity index (χ4v) is 3.47. The fourth-order valence-electron chi connectivity index (χ4n) is 3.47. The van der Waals surface area contributed by atoms with Crippen LogP contribution in [0.3, 0.4) is 0 Å². The van der Waals surface area contributed by atoms with Crippen molar-refractivity contribution in [1.29, 1.82) is 0 Å². The molecular formula is C19H25N3O2. The van der Waals surface area contributed by atoms with Gasteiger partial charge >= 0.3 is 0 Å². The predicted octanol–water partition coefficient (Wildman–Crippen LogP) is 3.50. The van der Waals surface area contributed by atoms with E-state index in [-0.39, 0.29) is 5.91 Å². The van der Waals surface area contributed by atoms with Crippen molar-refractivity contribution >= 4 is 5.91 Å². The van der Waals surface area contributed by atoms with Crippen LogP contribution in [0.1, 0.15) is 42.5 Å². The summed E-state index contributed by atoms with van der Waals surface area (Å²) in [6.45, 7) is 1.59. The molecule has 0 spiro atoms. The van der Waals surface area contributed by atoms with Crippen molar-refractivity contribution in [3.8, 4) is 11.4 Å². The van der Waals surface area contributed by atoms with Gasteiger partial charge in [0.05, 0.1) is 5.56 Å². The monoisotopic (exact) mass is 327 g/mol. The number of carbonyl (C=O) groups excluding carboxylic acids is 1. The Bertz CT molecular complexity index is 654. The molecule has 0 aliphatic carbocycles. The van der Waals surface area contributed by atoms with Crippen molar-refractivity contribution in [3.63, 3.8) is 0 Å². The number of likely N-dealkylation sites (tertiary alicyclic amines) is 1. The molecule has 0 saturated carbocycles. The Balaban J connectivity index is 1.82. The molecule has 1 saturated heterocycles. The summed E-state index contributed by atoms with van der Waals surface area (Å²) >= 11 is 0. The predicted molar refractivity (Wildman–Crippen MR) is 93.8 cm³/mol. The molecule has 2 aromatic rings. The highest BCUT2D eigenvalue weighted by Gasteiger charge is 2.28. The van der Waals surface area contributed by atoms with Crippen molar-refractivity contribution in [2.45, 2.75) is 38.1 Å². The smallest absolute Gasteiger partial charge is 0.254 e. The third-order valence-corrected chi connectivity index (χ3v) is 4.68. The van der Waals surface area contributed by atoms with E-state index in [0.29, 0.717) is 6.04 Å². The highest BCUT2D eigenvalue weighted by molar-refractivity contribution is 6.00. The second-order valence-corrected chi connectivity index (χ2v) is 6.27. The van der Waals surface area contributed by atoms with Gasteiger partial charge in [-0.05, 0) is 38.2 Å². The number of rotatable bonds is 6. The summed E-state index contributed by atoms with van der Waals surface area (Å²) in [5.41, 5.74) is 1.60. The first kappa shape index (κ1) is 16.7. The minimum Gasteiger partial charge on any atom is -0.385 e. The molecule has 1 amide bonds. The number of methoxy groups -OCH3 is 1. The van der Waals surface area contributed by atoms with E-state index in [9.17, 15) is 4.79 Å². The van der Waals surface area contributed by atoms with Crippen LogP contribution in [0.4, 0.5) is 0 Å². The van der Waals surface area contributed by atoms with Crippen LogP contribution in [0, 0.1) is 0 Å². The van der Waals surface area contributed by atoms with Crippen LogP contribution in [-0.4, -0.2) is 47.1 Å². The van der Waals surface area contributed by atoms with Gasteiger partial charge in [-0.25, -0.2) is 4.98 Å². The molecule has 128 valence electrons. The molecule has 1 aliphatic heterocycles. The Kier molecular flexibility index (Phi) is 5.64. The van der Waals surface area contributed by atoms with Gasteiger partial charge in [0.15, 0.2) is 0 Å². The Morgan fingerprint density at radius 1 is 1.38 bits per heavy atom. The lowest BCUT2D eigenvalue weighted by molar-refractivity contribution is 0.0586. The van der Waals surface area contributed by atoms with E-state index < -0.39 is 0 Å². The molecule has 1 aromatic heterocycles. The standard InChI is InChI=1S/C19H25N3O2/c1-24-14-6-8-15-7-4-5-13-22(15)19(23)17-10-3-2-9-16(17)18-20-11-12-21-18/h2-3,9-12,15H,4-8,13-14H2,1H3,(H,20,21)/t15-/m0/s1. The van der Waals surface area contributed by atoms with Crippen molar-refractivity contribution in [1.82, 2.24) is 14.9 Å². The number of nitrogens with zero attached hydrogens (tertiary/aromatic N) is 2. The molecule has 0 radical (unpaired) electrons. The molecule has 1 aromatic carbocycles. The van der Waals surface area contributed by atoms with Crippen LogP contribution in [0.25, 0.3) is 11.4 Å². The van der Waals surface area contributed by atoms with Crippen molar-refractivity contribution in [2.75, 3.05) is 20.3 Å². The number of hydrogen-bond donors (Lipinski definition) is 1. The van der Waals surface area contributed by atoms with E-state index >= 15 is 0 Å². The molecule has 1 aliphatic rings. The summed E-state index contributed by atoms with van der Waals surface area (Å²) < 4.78 is 5.17. The number of carbonyl (C=O) groups is 1. The first-order chi connectivity index (χ1) is 11.8. The van der Waals surface area contributed by atoms with Gasteiger partial charge in [0.1, 0.15) is 5.82 Å². The van der Waals surface area contributed by atoms with Crippen LogP contribution in [-0.2, 0) is 4.74 Å².